The predicted octanol–water partition coefficient (Wildman–Crippen LogP) is 2.73. The van der Waals surface area contributed by atoms with Gasteiger partial charge in [-0.3, -0.25) is 4.98 Å². The summed E-state index contributed by atoms with van der Waals surface area (Å²) in [7, 11) is 0. The standard InChI is InChI=1S/C12H7F2NO2/c13-9-2-1-7(5-10(9)14)11-6-8(12(16)17)3-4-15-11/h1-6H,(H,16,17). The number of aromatic nitrogens is 1. The average Bonchev–Trinajstić information content (AvgIpc) is 2.33. The molecule has 2 rings (SSSR count). The summed E-state index contributed by atoms with van der Waals surface area (Å²) in [5, 5.41) is 8.79. The fraction of sp³-hybridized carbons (Fsp3) is 0. The van der Waals surface area contributed by atoms with Gasteiger partial charge in [0.1, 0.15) is 0 Å². The number of carboxylic acids is 1. The molecule has 1 heterocycles. The van der Waals surface area contributed by atoms with Crippen molar-refractivity contribution in [3.8, 4) is 11.3 Å². The van der Waals surface area contributed by atoms with Crippen molar-refractivity contribution in [2.24, 2.45) is 0 Å². The molecule has 1 aromatic carbocycles. The first-order chi connectivity index (χ1) is 8.08. The van der Waals surface area contributed by atoms with Gasteiger partial charge in [0.15, 0.2) is 11.6 Å². The Hall–Kier alpha value is -2.30. The number of carboxylic acid groups (broad SMARTS) is 1. The Bertz CT molecular complexity index is 584. The number of rotatable bonds is 2. The molecule has 0 aliphatic carbocycles. The third kappa shape index (κ3) is 2.28. The summed E-state index contributed by atoms with van der Waals surface area (Å²) >= 11 is 0. The van der Waals surface area contributed by atoms with E-state index in [2.05, 4.69) is 4.98 Å². The zero-order valence-corrected chi connectivity index (χ0v) is 8.52. The normalized spacial score (nSPS) is 10.2. The Morgan fingerprint density at radius 1 is 1.12 bits per heavy atom. The molecule has 0 aliphatic rings. The van der Waals surface area contributed by atoms with E-state index in [1.807, 2.05) is 0 Å². The molecule has 0 saturated carbocycles. The number of hydrogen-bond donors (Lipinski definition) is 1. The maximum Gasteiger partial charge on any atom is 0.335 e. The smallest absolute Gasteiger partial charge is 0.335 e. The Kier molecular flexibility index (Phi) is 2.82. The van der Waals surface area contributed by atoms with Crippen LogP contribution in [0.25, 0.3) is 11.3 Å². The summed E-state index contributed by atoms with van der Waals surface area (Å²) in [5.41, 5.74) is 0.649. The second kappa shape index (κ2) is 4.29. The lowest BCUT2D eigenvalue weighted by Crippen LogP contribution is -1.97. The van der Waals surface area contributed by atoms with E-state index in [9.17, 15) is 13.6 Å². The Labute approximate surface area is 95.4 Å². The molecule has 0 bridgehead atoms. The van der Waals surface area contributed by atoms with Crippen LogP contribution in [0.4, 0.5) is 8.78 Å². The van der Waals surface area contributed by atoms with E-state index in [-0.39, 0.29) is 11.3 Å². The largest absolute Gasteiger partial charge is 0.478 e. The van der Waals surface area contributed by atoms with Crippen molar-refractivity contribution in [2.75, 3.05) is 0 Å². The van der Waals surface area contributed by atoms with Crippen LogP contribution in [-0.2, 0) is 0 Å². The van der Waals surface area contributed by atoms with Crippen molar-refractivity contribution in [3.63, 3.8) is 0 Å². The van der Waals surface area contributed by atoms with Crippen LogP contribution in [0.15, 0.2) is 36.5 Å². The zero-order chi connectivity index (χ0) is 12.4. The minimum atomic E-state index is -1.10. The Morgan fingerprint density at radius 3 is 2.53 bits per heavy atom. The lowest BCUT2D eigenvalue weighted by molar-refractivity contribution is 0.0697. The predicted molar refractivity (Wildman–Crippen MR) is 56.5 cm³/mol. The highest BCUT2D eigenvalue weighted by Crippen LogP contribution is 2.20. The molecule has 3 nitrogen and oxygen atoms in total. The molecule has 5 heteroatoms. The highest BCUT2D eigenvalue weighted by Gasteiger charge is 2.08. The molecule has 0 amide bonds. The van der Waals surface area contributed by atoms with Gasteiger partial charge in [-0.15, -0.1) is 0 Å². The molecule has 0 saturated heterocycles. The molecule has 1 N–H and O–H groups in total. The number of benzene rings is 1. The fourth-order valence-corrected chi connectivity index (χ4v) is 1.38. The minimum absolute atomic E-state index is 0.0414. The van der Waals surface area contributed by atoms with E-state index in [1.54, 1.807) is 0 Å². The summed E-state index contributed by atoms with van der Waals surface area (Å²) in [6.07, 6.45) is 1.31. The molecule has 0 radical (unpaired) electrons. The third-order valence-electron chi connectivity index (χ3n) is 2.22. The van der Waals surface area contributed by atoms with Gasteiger partial charge in [0.25, 0.3) is 0 Å². The van der Waals surface area contributed by atoms with Crippen LogP contribution in [0.1, 0.15) is 10.4 Å². The van der Waals surface area contributed by atoms with Crippen LogP contribution in [0.2, 0.25) is 0 Å². The molecule has 0 fully saturated rings. The molecule has 2 aromatic rings. The SMILES string of the molecule is O=C(O)c1ccnc(-c2ccc(F)c(F)c2)c1. The quantitative estimate of drug-likeness (QED) is 0.870. The summed E-state index contributed by atoms with van der Waals surface area (Å²) in [6.45, 7) is 0. The highest BCUT2D eigenvalue weighted by atomic mass is 19.2. The van der Waals surface area contributed by atoms with E-state index in [0.717, 1.165) is 12.1 Å². The van der Waals surface area contributed by atoms with E-state index in [0.29, 0.717) is 5.56 Å². The topological polar surface area (TPSA) is 50.2 Å². The van der Waals surface area contributed by atoms with Crippen molar-refractivity contribution in [1.29, 1.82) is 0 Å². The molecular weight excluding hydrogens is 228 g/mol. The van der Waals surface area contributed by atoms with Crippen molar-refractivity contribution in [1.82, 2.24) is 4.98 Å². The molecule has 0 unspecified atom stereocenters. The first kappa shape index (κ1) is 11.2. The summed E-state index contributed by atoms with van der Waals surface area (Å²) in [6, 6.07) is 5.91. The molecular formula is C12H7F2NO2. The number of pyridine rings is 1. The van der Waals surface area contributed by atoms with Gasteiger partial charge in [-0.1, -0.05) is 0 Å². The number of hydrogen-bond acceptors (Lipinski definition) is 2. The van der Waals surface area contributed by atoms with Gasteiger partial charge >= 0.3 is 5.97 Å². The van der Waals surface area contributed by atoms with E-state index in [4.69, 9.17) is 5.11 Å². The average molecular weight is 235 g/mol. The van der Waals surface area contributed by atoms with Gasteiger partial charge in [0.05, 0.1) is 11.3 Å². The first-order valence-corrected chi connectivity index (χ1v) is 4.72. The number of nitrogens with zero attached hydrogens (tertiary/aromatic N) is 1. The molecule has 17 heavy (non-hydrogen) atoms. The second-order valence-corrected chi connectivity index (χ2v) is 3.36. The van der Waals surface area contributed by atoms with Crippen molar-refractivity contribution in [2.45, 2.75) is 0 Å². The van der Waals surface area contributed by atoms with Gasteiger partial charge < -0.3 is 5.11 Å². The number of halogens is 2. The minimum Gasteiger partial charge on any atom is -0.478 e. The van der Waals surface area contributed by atoms with Gasteiger partial charge in [0.2, 0.25) is 0 Å². The monoisotopic (exact) mass is 235 g/mol. The molecule has 0 atom stereocenters. The van der Waals surface area contributed by atoms with Crippen molar-refractivity contribution in [3.05, 3.63) is 53.7 Å². The number of carbonyl (C=O) groups is 1. The molecule has 1 aromatic heterocycles. The van der Waals surface area contributed by atoms with Gasteiger partial charge in [-0.2, -0.15) is 0 Å². The maximum absolute atomic E-state index is 13.0. The molecule has 86 valence electrons. The Balaban J connectivity index is 2.49. The zero-order valence-electron chi connectivity index (χ0n) is 8.52. The molecule has 0 aliphatic heterocycles. The lowest BCUT2D eigenvalue weighted by atomic mass is 10.1. The van der Waals surface area contributed by atoms with Crippen LogP contribution in [-0.4, -0.2) is 16.1 Å². The highest BCUT2D eigenvalue weighted by molar-refractivity contribution is 5.88. The van der Waals surface area contributed by atoms with E-state index in [1.165, 1.54) is 24.4 Å². The lowest BCUT2D eigenvalue weighted by Gasteiger charge is -2.02. The fourth-order valence-electron chi connectivity index (χ4n) is 1.38. The maximum atomic E-state index is 13.0. The van der Waals surface area contributed by atoms with E-state index >= 15 is 0 Å². The van der Waals surface area contributed by atoms with E-state index < -0.39 is 17.6 Å². The summed E-state index contributed by atoms with van der Waals surface area (Å²) in [4.78, 5) is 14.7. The molecule has 0 spiro atoms. The first-order valence-electron chi connectivity index (χ1n) is 4.72. The van der Waals surface area contributed by atoms with Crippen molar-refractivity contribution < 1.29 is 18.7 Å². The van der Waals surface area contributed by atoms with Crippen molar-refractivity contribution >= 4 is 5.97 Å². The van der Waals surface area contributed by atoms with Gasteiger partial charge in [0, 0.05) is 11.8 Å². The second-order valence-electron chi connectivity index (χ2n) is 3.36. The van der Waals surface area contributed by atoms with Gasteiger partial charge in [-0.25, -0.2) is 13.6 Å². The summed E-state index contributed by atoms with van der Waals surface area (Å²) < 4.78 is 25.7. The van der Waals surface area contributed by atoms with Crippen LogP contribution in [0.3, 0.4) is 0 Å². The van der Waals surface area contributed by atoms with Crippen LogP contribution in [0.5, 0.6) is 0 Å². The summed E-state index contributed by atoms with van der Waals surface area (Å²) in [5.74, 6) is -3.05. The number of aromatic carboxylic acids is 1. The third-order valence-corrected chi connectivity index (χ3v) is 2.22. The van der Waals surface area contributed by atoms with Crippen LogP contribution < -0.4 is 0 Å². The van der Waals surface area contributed by atoms with Crippen LogP contribution in [0, 0.1) is 11.6 Å². The van der Waals surface area contributed by atoms with Crippen LogP contribution >= 0.6 is 0 Å². The Morgan fingerprint density at radius 2 is 1.88 bits per heavy atom. The van der Waals surface area contributed by atoms with Gasteiger partial charge in [-0.05, 0) is 30.3 Å².